The van der Waals surface area contributed by atoms with Crippen molar-refractivity contribution in [3.63, 3.8) is 0 Å². The van der Waals surface area contributed by atoms with Crippen molar-refractivity contribution in [1.82, 2.24) is 10.6 Å². The number of nitro groups is 1. The van der Waals surface area contributed by atoms with Crippen LogP contribution in [0.1, 0.15) is 36.0 Å². The van der Waals surface area contributed by atoms with Crippen LogP contribution < -0.4 is 15.4 Å². The SMILES string of the molecule is COc1ccc(C(=O)NC2CC3CCC(C2)N3)cc1[N+](=O)[O-]. The van der Waals surface area contributed by atoms with Crippen LogP contribution in [0.3, 0.4) is 0 Å². The zero-order valence-electron chi connectivity index (χ0n) is 12.4. The summed E-state index contributed by atoms with van der Waals surface area (Å²) in [6.45, 7) is 0. The van der Waals surface area contributed by atoms with Gasteiger partial charge in [-0.2, -0.15) is 0 Å². The summed E-state index contributed by atoms with van der Waals surface area (Å²) in [6, 6.07) is 5.37. The first-order chi connectivity index (χ1) is 10.6. The van der Waals surface area contributed by atoms with Crippen LogP contribution in [0.15, 0.2) is 18.2 Å². The predicted molar refractivity (Wildman–Crippen MR) is 80.1 cm³/mol. The highest BCUT2D eigenvalue weighted by Gasteiger charge is 2.34. The fourth-order valence-corrected chi connectivity index (χ4v) is 3.42. The molecule has 2 bridgehead atoms. The summed E-state index contributed by atoms with van der Waals surface area (Å²) in [5, 5.41) is 17.5. The van der Waals surface area contributed by atoms with Gasteiger partial charge in [0, 0.05) is 29.8 Å². The van der Waals surface area contributed by atoms with Gasteiger partial charge in [-0.15, -0.1) is 0 Å². The number of carbonyl (C=O) groups excluding carboxylic acids is 1. The zero-order valence-corrected chi connectivity index (χ0v) is 12.4. The number of nitro benzene ring substituents is 1. The summed E-state index contributed by atoms with van der Waals surface area (Å²) >= 11 is 0. The molecule has 2 heterocycles. The van der Waals surface area contributed by atoms with E-state index < -0.39 is 4.92 Å². The van der Waals surface area contributed by atoms with Crippen molar-refractivity contribution >= 4 is 11.6 Å². The highest BCUT2D eigenvalue weighted by Crippen LogP contribution is 2.29. The number of hydrogen-bond donors (Lipinski definition) is 2. The number of carbonyl (C=O) groups is 1. The summed E-state index contributed by atoms with van der Waals surface area (Å²) in [5.41, 5.74) is 0.0962. The number of ether oxygens (including phenoxy) is 1. The Morgan fingerprint density at radius 1 is 1.36 bits per heavy atom. The molecule has 2 saturated heterocycles. The van der Waals surface area contributed by atoms with E-state index in [0.717, 1.165) is 25.7 Å². The molecule has 118 valence electrons. The molecule has 1 aromatic rings. The third-order valence-electron chi connectivity index (χ3n) is 4.45. The number of hydrogen-bond acceptors (Lipinski definition) is 5. The van der Waals surface area contributed by atoms with Gasteiger partial charge in [0.25, 0.3) is 5.91 Å². The molecule has 0 saturated carbocycles. The smallest absolute Gasteiger partial charge is 0.311 e. The lowest BCUT2D eigenvalue weighted by Crippen LogP contribution is -2.48. The molecule has 0 radical (unpaired) electrons. The first kappa shape index (κ1) is 14.8. The molecule has 1 amide bonds. The molecule has 2 aliphatic rings. The maximum Gasteiger partial charge on any atom is 0.311 e. The Kier molecular flexibility index (Phi) is 3.98. The molecular formula is C15H19N3O4. The second-order valence-electron chi connectivity index (χ2n) is 5.92. The molecular weight excluding hydrogens is 286 g/mol. The van der Waals surface area contributed by atoms with Gasteiger partial charge >= 0.3 is 5.69 Å². The largest absolute Gasteiger partial charge is 0.490 e. The molecule has 22 heavy (non-hydrogen) atoms. The van der Waals surface area contributed by atoms with E-state index in [4.69, 9.17) is 4.74 Å². The fraction of sp³-hybridized carbons (Fsp3) is 0.533. The van der Waals surface area contributed by atoms with Gasteiger partial charge in [-0.3, -0.25) is 14.9 Å². The van der Waals surface area contributed by atoms with Crippen LogP contribution in [0.4, 0.5) is 5.69 Å². The summed E-state index contributed by atoms with van der Waals surface area (Å²) in [5.74, 6) is -0.112. The maximum absolute atomic E-state index is 12.3. The molecule has 1 aromatic carbocycles. The van der Waals surface area contributed by atoms with Crippen molar-refractivity contribution in [1.29, 1.82) is 0 Å². The van der Waals surface area contributed by atoms with E-state index in [1.807, 2.05) is 0 Å². The van der Waals surface area contributed by atoms with Crippen molar-refractivity contribution < 1.29 is 14.5 Å². The normalized spacial score (nSPS) is 26.5. The van der Waals surface area contributed by atoms with Gasteiger partial charge in [-0.1, -0.05) is 0 Å². The Morgan fingerprint density at radius 3 is 2.64 bits per heavy atom. The number of fused-ring (bicyclic) bond motifs is 2. The molecule has 7 nitrogen and oxygen atoms in total. The van der Waals surface area contributed by atoms with Gasteiger partial charge in [0.2, 0.25) is 0 Å². The highest BCUT2D eigenvalue weighted by atomic mass is 16.6. The molecule has 0 spiro atoms. The number of nitrogens with zero attached hydrogens (tertiary/aromatic N) is 1. The number of piperidine rings is 1. The number of amides is 1. The minimum atomic E-state index is -0.541. The van der Waals surface area contributed by atoms with Crippen molar-refractivity contribution in [2.24, 2.45) is 0 Å². The molecule has 7 heteroatoms. The van der Waals surface area contributed by atoms with Crippen LogP contribution in [0.5, 0.6) is 5.75 Å². The molecule has 2 fully saturated rings. The maximum atomic E-state index is 12.3. The first-order valence-electron chi connectivity index (χ1n) is 7.46. The van der Waals surface area contributed by atoms with E-state index >= 15 is 0 Å². The standard InChI is InChI=1S/C15H19N3O4/c1-22-14-5-2-9(6-13(14)18(20)21)15(19)17-12-7-10-3-4-11(8-12)16-10/h2,5-6,10-12,16H,3-4,7-8H2,1H3,(H,17,19). The number of methoxy groups -OCH3 is 1. The molecule has 2 unspecified atom stereocenters. The van der Waals surface area contributed by atoms with Crippen molar-refractivity contribution in [2.45, 2.75) is 43.8 Å². The third-order valence-corrected chi connectivity index (χ3v) is 4.45. The average molecular weight is 305 g/mol. The summed E-state index contributed by atoms with van der Waals surface area (Å²) in [7, 11) is 1.37. The van der Waals surface area contributed by atoms with Crippen LogP contribution in [-0.4, -0.2) is 36.1 Å². The van der Waals surface area contributed by atoms with Gasteiger partial charge in [0.15, 0.2) is 5.75 Å². The number of nitrogens with one attached hydrogen (secondary N) is 2. The van der Waals surface area contributed by atoms with Crippen LogP contribution in [0.25, 0.3) is 0 Å². The van der Waals surface area contributed by atoms with E-state index in [1.165, 1.54) is 19.2 Å². The molecule has 3 rings (SSSR count). The molecule has 2 atom stereocenters. The van der Waals surface area contributed by atoms with Gasteiger partial charge < -0.3 is 15.4 Å². The van der Waals surface area contributed by atoms with Gasteiger partial charge in [-0.25, -0.2) is 0 Å². The lowest BCUT2D eigenvalue weighted by molar-refractivity contribution is -0.385. The quantitative estimate of drug-likeness (QED) is 0.651. The van der Waals surface area contributed by atoms with E-state index in [-0.39, 0.29) is 23.4 Å². The second kappa shape index (κ2) is 5.92. The summed E-state index contributed by atoms with van der Waals surface area (Å²) < 4.78 is 4.95. The molecule has 2 aliphatic heterocycles. The van der Waals surface area contributed by atoms with Gasteiger partial charge in [-0.05, 0) is 37.8 Å². The molecule has 0 aliphatic carbocycles. The van der Waals surface area contributed by atoms with Crippen molar-refractivity contribution in [3.05, 3.63) is 33.9 Å². The van der Waals surface area contributed by atoms with E-state index in [0.29, 0.717) is 17.6 Å². The summed E-state index contributed by atoms with van der Waals surface area (Å²) in [4.78, 5) is 22.8. The minimum absolute atomic E-state index is 0.132. The zero-order chi connectivity index (χ0) is 15.7. The number of rotatable bonds is 4. The third kappa shape index (κ3) is 2.89. The lowest BCUT2D eigenvalue weighted by atomic mass is 9.99. The van der Waals surface area contributed by atoms with E-state index in [2.05, 4.69) is 10.6 Å². The topological polar surface area (TPSA) is 93.5 Å². The summed E-state index contributed by atoms with van der Waals surface area (Å²) in [6.07, 6.45) is 4.15. The minimum Gasteiger partial charge on any atom is -0.490 e. The van der Waals surface area contributed by atoms with Gasteiger partial charge in [0.1, 0.15) is 0 Å². The Labute approximate surface area is 128 Å². The predicted octanol–water partition coefficient (Wildman–Crippen LogP) is 1.62. The van der Waals surface area contributed by atoms with Crippen molar-refractivity contribution in [2.75, 3.05) is 7.11 Å². The van der Waals surface area contributed by atoms with Gasteiger partial charge in [0.05, 0.1) is 12.0 Å². The average Bonchev–Trinajstić information content (AvgIpc) is 2.85. The molecule has 0 aromatic heterocycles. The van der Waals surface area contributed by atoms with E-state index in [9.17, 15) is 14.9 Å². The fourth-order valence-electron chi connectivity index (χ4n) is 3.42. The van der Waals surface area contributed by atoms with Crippen LogP contribution in [0.2, 0.25) is 0 Å². The van der Waals surface area contributed by atoms with Crippen LogP contribution in [0, 0.1) is 10.1 Å². The van der Waals surface area contributed by atoms with Crippen LogP contribution in [-0.2, 0) is 0 Å². The highest BCUT2D eigenvalue weighted by molar-refractivity contribution is 5.95. The van der Waals surface area contributed by atoms with E-state index in [1.54, 1.807) is 6.07 Å². The Morgan fingerprint density at radius 2 is 2.05 bits per heavy atom. The Hall–Kier alpha value is -2.15. The Bertz CT molecular complexity index is 592. The second-order valence-corrected chi connectivity index (χ2v) is 5.92. The monoisotopic (exact) mass is 305 g/mol. The first-order valence-corrected chi connectivity index (χ1v) is 7.46. The molecule has 2 N–H and O–H groups in total. The Balaban J connectivity index is 1.72. The lowest BCUT2D eigenvalue weighted by Gasteiger charge is -2.29. The van der Waals surface area contributed by atoms with Crippen molar-refractivity contribution in [3.8, 4) is 5.75 Å². The number of benzene rings is 1. The van der Waals surface area contributed by atoms with Crippen LogP contribution >= 0.6 is 0 Å².